The number of ether oxygens (including phenoxy) is 14. The Morgan fingerprint density at radius 1 is 0.423 bits per heavy atom. The van der Waals surface area contributed by atoms with Gasteiger partial charge in [-0.05, 0) is 0 Å². The van der Waals surface area contributed by atoms with Crippen molar-refractivity contribution in [2.75, 3.05) is 133 Å². The lowest BCUT2D eigenvalue weighted by Crippen LogP contribution is -2.57. The molecule has 2 aromatic carbocycles. The lowest BCUT2D eigenvalue weighted by molar-refractivity contribution is -0.340. The second-order valence-corrected chi connectivity index (χ2v) is 11.8. The van der Waals surface area contributed by atoms with Crippen molar-refractivity contribution in [3.8, 4) is 0 Å². The van der Waals surface area contributed by atoms with Gasteiger partial charge in [0.25, 0.3) is 0 Å². The van der Waals surface area contributed by atoms with Gasteiger partial charge in [-0.3, -0.25) is 0 Å². The molecule has 0 saturated carbocycles. The highest BCUT2D eigenvalue weighted by atomic mass is 16.7. The Morgan fingerprint density at radius 3 is 1.06 bits per heavy atom. The van der Waals surface area contributed by atoms with Crippen LogP contribution in [-0.2, 0) is 66.3 Å². The zero-order valence-electron chi connectivity index (χ0n) is 30.7. The van der Waals surface area contributed by atoms with E-state index >= 15 is 0 Å². The summed E-state index contributed by atoms with van der Waals surface area (Å²) in [7, 11) is 3.29. The summed E-state index contributed by atoms with van der Waals surface area (Å²) in [6, 6.07) is 19.7. The van der Waals surface area contributed by atoms with Crippen LogP contribution in [0.4, 0.5) is 0 Å². The summed E-state index contributed by atoms with van der Waals surface area (Å²) < 4.78 is 81.7. The molecule has 0 aliphatic carbocycles. The first kappa shape index (κ1) is 42.6. The second-order valence-electron chi connectivity index (χ2n) is 11.8. The number of rotatable bonds is 29. The first-order chi connectivity index (χ1) is 25.8. The third-order valence-corrected chi connectivity index (χ3v) is 8.06. The average Bonchev–Trinajstić information content (AvgIpc) is 3.19. The van der Waals surface area contributed by atoms with E-state index in [4.69, 9.17) is 66.3 Å². The molecule has 0 radical (unpaired) electrons. The summed E-state index contributed by atoms with van der Waals surface area (Å²) in [6.45, 7) is 8.03. The maximum Gasteiger partial charge on any atom is 0.184 e. The fraction of sp³-hybridized carbons (Fsp3) is 0.684. The summed E-state index contributed by atoms with van der Waals surface area (Å²) in [5, 5.41) is 0. The van der Waals surface area contributed by atoms with Gasteiger partial charge < -0.3 is 66.3 Å². The first-order valence-corrected chi connectivity index (χ1v) is 18.1. The molecular weight excluding hydrogens is 680 g/mol. The zero-order chi connectivity index (χ0) is 36.3. The van der Waals surface area contributed by atoms with Crippen molar-refractivity contribution in [3.63, 3.8) is 0 Å². The smallest absolute Gasteiger partial charge is 0.184 e. The fourth-order valence-corrected chi connectivity index (χ4v) is 5.41. The number of hydrogen-bond donors (Lipinski definition) is 0. The van der Waals surface area contributed by atoms with Crippen LogP contribution in [0.2, 0.25) is 0 Å². The van der Waals surface area contributed by atoms with E-state index < -0.39 is 37.0 Å². The number of methoxy groups -OCH3 is 2. The highest BCUT2D eigenvalue weighted by Gasteiger charge is 2.46. The van der Waals surface area contributed by atoms with E-state index in [0.29, 0.717) is 119 Å². The molecular formula is C38H58O14. The van der Waals surface area contributed by atoms with E-state index in [9.17, 15) is 0 Å². The Balaban J connectivity index is 1.29. The van der Waals surface area contributed by atoms with Crippen molar-refractivity contribution in [3.05, 3.63) is 71.8 Å². The predicted octanol–water partition coefficient (Wildman–Crippen LogP) is 3.38. The minimum Gasteiger partial charge on any atom is -0.382 e. The van der Waals surface area contributed by atoms with Crippen molar-refractivity contribution in [1.29, 1.82) is 0 Å². The molecule has 0 N–H and O–H groups in total. The van der Waals surface area contributed by atoms with Crippen LogP contribution in [0.25, 0.3) is 0 Å². The maximum absolute atomic E-state index is 6.66. The SMILES string of the molecule is COCCOCCOCCOCCO[C@H]1COC(c2ccccc2)O[C@@H]1[C@H]1OC(c2ccccc2)OC[C@@H]1OCCOCCOCCOCCOC. The van der Waals surface area contributed by atoms with E-state index in [-0.39, 0.29) is 0 Å². The zero-order valence-corrected chi connectivity index (χ0v) is 30.7. The Kier molecular flexibility index (Phi) is 22.5. The van der Waals surface area contributed by atoms with Crippen LogP contribution in [0.3, 0.4) is 0 Å². The summed E-state index contributed by atoms with van der Waals surface area (Å²) in [4.78, 5) is 0. The average molecular weight is 739 g/mol. The Bertz CT molecular complexity index is 1030. The van der Waals surface area contributed by atoms with E-state index in [0.717, 1.165) is 11.1 Å². The molecule has 4 rings (SSSR count). The van der Waals surface area contributed by atoms with Crippen LogP contribution in [0.1, 0.15) is 23.7 Å². The minimum absolute atomic E-state index is 0.292. The van der Waals surface area contributed by atoms with Crippen molar-refractivity contribution in [1.82, 2.24) is 0 Å². The molecule has 2 aliphatic heterocycles. The van der Waals surface area contributed by atoms with E-state index in [1.165, 1.54) is 0 Å². The van der Waals surface area contributed by atoms with Gasteiger partial charge in [0.2, 0.25) is 0 Å². The van der Waals surface area contributed by atoms with E-state index in [2.05, 4.69) is 0 Å². The van der Waals surface area contributed by atoms with Gasteiger partial charge in [-0.2, -0.15) is 0 Å². The minimum atomic E-state index is -0.603. The van der Waals surface area contributed by atoms with Crippen LogP contribution in [-0.4, -0.2) is 158 Å². The van der Waals surface area contributed by atoms with Gasteiger partial charge >= 0.3 is 0 Å². The molecule has 0 spiro atoms. The summed E-state index contributed by atoms with van der Waals surface area (Å²) in [5.41, 5.74) is 1.80. The molecule has 2 aliphatic rings. The van der Waals surface area contributed by atoms with Gasteiger partial charge in [0, 0.05) is 25.3 Å². The molecule has 0 aromatic heterocycles. The molecule has 2 saturated heterocycles. The lowest BCUT2D eigenvalue weighted by Gasteiger charge is -2.45. The lowest BCUT2D eigenvalue weighted by atomic mass is 10.00. The van der Waals surface area contributed by atoms with Crippen molar-refractivity contribution in [2.24, 2.45) is 0 Å². The van der Waals surface area contributed by atoms with Gasteiger partial charge in [0.05, 0.1) is 119 Å². The molecule has 14 heteroatoms. The molecule has 2 aromatic rings. The van der Waals surface area contributed by atoms with E-state index in [1.54, 1.807) is 14.2 Å². The van der Waals surface area contributed by atoms with E-state index in [1.807, 2.05) is 60.7 Å². The Labute approximate surface area is 308 Å². The van der Waals surface area contributed by atoms with Gasteiger partial charge in [-0.1, -0.05) is 60.7 Å². The molecule has 2 fully saturated rings. The molecule has 294 valence electrons. The topological polar surface area (TPSA) is 129 Å². The van der Waals surface area contributed by atoms with Gasteiger partial charge in [0.15, 0.2) is 12.6 Å². The predicted molar refractivity (Wildman–Crippen MR) is 188 cm³/mol. The summed E-state index contributed by atoms with van der Waals surface area (Å²) >= 11 is 0. The summed E-state index contributed by atoms with van der Waals surface area (Å²) in [5.74, 6) is 0. The van der Waals surface area contributed by atoms with Crippen LogP contribution >= 0.6 is 0 Å². The molecule has 0 amide bonds. The number of hydrogen-bond acceptors (Lipinski definition) is 14. The van der Waals surface area contributed by atoms with Crippen molar-refractivity contribution >= 4 is 0 Å². The van der Waals surface area contributed by atoms with Crippen LogP contribution in [0.5, 0.6) is 0 Å². The van der Waals surface area contributed by atoms with Crippen LogP contribution in [0, 0.1) is 0 Å². The molecule has 0 bridgehead atoms. The normalized spacial score (nSPS) is 23.6. The highest BCUT2D eigenvalue weighted by molar-refractivity contribution is 5.18. The third kappa shape index (κ3) is 16.5. The van der Waals surface area contributed by atoms with Crippen molar-refractivity contribution < 1.29 is 66.3 Å². The maximum atomic E-state index is 6.66. The third-order valence-electron chi connectivity index (χ3n) is 8.06. The highest BCUT2D eigenvalue weighted by Crippen LogP contribution is 2.36. The standard InChI is InChI=1S/C38H58O14/c1-39-13-15-41-17-19-43-21-23-45-25-27-47-33-29-49-37(31-9-5-3-6-10-31)51-35(33)36-34(30-50-38(52-36)32-11-7-4-8-12-32)48-28-26-46-24-22-44-20-18-42-16-14-40-2/h3-12,33-38H,13-30H2,1-2H3/t33-,34-,35-,36-,37?,38?/m0/s1. The van der Waals surface area contributed by atoms with Crippen LogP contribution < -0.4 is 0 Å². The van der Waals surface area contributed by atoms with Gasteiger partial charge in [-0.15, -0.1) is 0 Å². The largest absolute Gasteiger partial charge is 0.382 e. The second kappa shape index (κ2) is 27.5. The molecule has 14 nitrogen and oxygen atoms in total. The fourth-order valence-electron chi connectivity index (χ4n) is 5.41. The van der Waals surface area contributed by atoms with Gasteiger partial charge in [-0.25, -0.2) is 0 Å². The van der Waals surface area contributed by atoms with Crippen LogP contribution in [0.15, 0.2) is 60.7 Å². The summed E-state index contributed by atoms with van der Waals surface area (Å²) in [6.07, 6.45) is -3.20. The van der Waals surface area contributed by atoms with Gasteiger partial charge in [0.1, 0.15) is 24.4 Å². The molecule has 6 atom stereocenters. The molecule has 2 heterocycles. The molecule has 52 heavy (non-hydrogen) atoms. The monoisotopic (exact) mass is 738 g/mol. The number of benzene rings is 2. The Hall–Kier alpha value is -2.12. The Morgan fingerprint density at radius 2 is 0.731 bits per heavy atom. The molecule has 2 unspecified atom stereocenters. The van der Waals surface area contributed by atoms with Crippen molar-refractivity contribution in [2.45, 2.75) is 37.0 Å². The quantitative estimate of drug-likeness (QED) is 0.113. The first-order valence-electron chi connectivity index (χ1n) is 18.1.